The first-order valence-corrected chi connectivity index (χ1v) is 10.7. The maximum absolute atomic E-state index is 5.77. The van der Waals surface area contributed by atoms with Crippen LogP contribution in [0.1, 0.15) is 0 Å². The zero-order valence-electron chi connectivity index (χ0n) is 17.9. The highest BCUT2D eigenvalue weighted by Gasteiger charge is 2.06. The molecule has 3 rings (SSSR count). The minimum Gasteiger partial charge on any atom is -0.491 e. The minimum atomic E-state index is 0.542. The molecular weight excluding hydrogens is 390 g/mol. The Morgan fingerprint density at radius 2 is 0.871 bits per heavy atom. The average molecular weight is 422 g/mol. The lowest BCUT2D eigenvalue weighted by molar-refractivity contribution is 0.0959. The van der Waals surface area contributed by atoms with Crippen LogP contribution in [-0.4, -0.2) is 52.7 Å². The maximum Gasteiger partial charge on any atom is 0.119 e. The van der Waals surface area contributed by atoms with Gasteiger partial charge in [-0.15, -0.1) is 0 Å². The second-order valence-corrected chi connectivity index (χ2v) is 6.87. The number of ether oxygens (including phenoxy) is 4. The van der Waals surface area contributed by atoms with E-state index in [1.165, 1.54) is 0 Å². The van der Waals surface area contributed by atoms with Gasteiger partial charge in [0.25, 0.3) is 0 Å². The Labute approximate surface area is 185 Å². The second-order valence-electron chi connectivity index (χ2n) is 6.87. The first kappa shape index (κ1) is 22.7. The largest absolute Gasteiger partial charge is 0.491 e. The molecule has 0 fully saturated rings. The minimum absolute atomic E-state index is 0.542. The van der Waals surface area contributed by atoms with Crippen LogP contribution in [-0.2, 0) is 9.47 Å². The number of nitrogens with zero attached hydrogens (tertiary/aromatic N) is 1. The van der Waals surface area contributed by atoms with Crippen molar-refractivity contribution in [2.24, 2.45) is 0 Å². The quantitative estimate of drug-likeness (QED) is 0.333. The van der Waals surface area contributed by atoms with E-state index >= 15 is 0 Å². The van der Waals surface area contributed by atoms with Crippen molar-refractivity contribution in [3.63, 3.8) is 0 Å². The lowest BCUT2D eigenvalue weighted by Gasteiger charge is -2.24. The lowest BCUT2D eigenvalue weighted by atomic mass is 10.3. The van der Waals surface area contributed by atoms with E-state index in [0.29, 0.717) is 39.6 Å². The van der Waals surface area contributed by atoms with Gasteiger partial charge in [-0.2, -0.15) is 0 Å². The summed E-state index contributed by atoms with van der Waals surface area (Å²) in [5.74, 6) is 1.73. The molecule has 0 aliphatic carbocycles. The van der Waals surface area contributed by atoms with Crippen LogP contribution in [0, 0.1) is 0 Å². The first-order valence-electron chi connectivity index (χ1n) is 10.7. The zero-order valence-corrected chi connectivity index (χ0v) is 17.9. The molecule has 0 radical (unpaired) electrons. The van der Waals surface area contributed by atoms with Gasteiger partial charge in [0.1, 0.15) is 24.7 Å². The van der Waals surface area contributed by atoms with Gasteiger partial charge in [-0.05, 0) is 36.4 Å². The van der Waals surface area contributed by atoms with Gasteiger partial charge in [-0.3, -0.25) is 0 Å². The van der Waals surface area contributed by atoms with Crippen molar-refractivity contribution in [3.05, 3.63) is 91.0 Å². The third kappa shape index (κ3) is 9.11. The molecule has 0 aliphatic rings. The monoisotopic (exact) mass is 421 g/mol. The Kier molecular flexibility index (Phi) is 10.3. The molecule has 3 aromatic rings. The molecule has 0 unspecified atom stereocenters. The fourth-order valence-corrected chi connectivity index (χ4v) is 3.03. The van der Waals surface area contributed by atoms with Crippen LogP contribution in [0.15, 0.2) is 91.0 Å². The van der Waals surface area contributed by atoms with E-state index in [1.807, 2.05) is 78.9 Å². The first-order chi connectivity index (χ1) is 15.4. The molecule has 164 valence electrons. The highest BCUT2D eigenvalue weighted by molar-refractivity contribution is 5.45. The summed E-state index contributed by atoms with van der Waals surface area (Å²) in [7, 11) is 0. The second kappa shape index (κ2) is 14.1. The molecule has 0 N–H and O–H groups in total. The number of rotatable bonds is 15. The van der Waals surface area contributed by atoms with Crippen LogP contribution < -0.4 is 14.4 Å². The number of hydrogen-bond donors (Lipinski definition) is 0. The molecule has 3 aromatic carbocycles. The molecule has 0 aliphatic heterocycles. The smallest absolute Gasteiger partial charge is 0.119 e. The van der Waals surface area contributed by atoms with Gasteiger partial charge in [0, 0.05) is 18.8 Å². The summed E-state index contributed by atoms with van der Waals surface area (Å²) in [6.45, 7) is 5.04. The molecule has 0 spiro atoms. The Balaban J connectivity index is 1.31. The van der Waals surface area contributed by atoms with Crippen molar-refractivity contribution in [1.82, 2.24) is 0 Å². The Morgan fingerprint density at radius 1 is 0.452 bits per heavy atom. The molecule has 0 saturated heterocycles. The molecular formula is C26H31NO4. The van der Waals surface area contributed by atoms with E-state index in [9.17, 15) is 0 Å². The van der Waals surface area contributed by atoms with Gasteiger partial charge >= 0.3 is 0 Å². The summed E-state index contributed by atoms with van der Waals surface area (Å²) in [6.07, 6.45) is 0. The number of hydrogen-bond acceptors (Lipinski definition) is 5. The number of para-hydroxylation sites is 3. The highest BCUT2D eigenvalue weighted by Crippen LogP contribution is 2.13. The molecule has 0 atom stereocenters. The molecule has 5 heteroatoms. The van der Waals surface area contributed by atoms with E-state index in [-0.39, 0.29) is 0 Å². The normalized spacial score (nSPS) is 10.6. The van der Waals surface area contributed by atoms with Crippen molar-refractivity contribution in [2.45, 2.75) is 0 Å². The molecule has 5 nitrogen and oxygen atoms in total. The highest BCUT2D eigenvalue weighted by atomic mass is 16.5. The van der Waals surface area contributed by atoms with Crippen LogP contribution in [0.4, 0.5) is 5.69 Å². The summed E-state index contributed by atoms with van der Waals surface area (Å²) >= 11 is 0. The summed E-state index contributed by atoms with van der Waals surface area (Å²) in [5, 5.41) is 0. The third-order valence-corrected chi connectivity index (χ3v) is 4.61. The Bertz CT molecular complexity index is 763. The third-order valence-electron chi connectivity index (χ3n) is 4.61. The Hall–Kier alpha value is -3.02. The van der Waals surface area contributed by atoms with Crippen molar-refractivity contribution >= 4 is 5.69 Å². The molecule has 0 heterocycles. The van der Waals surface area contributed by atoms with Crippen LogP contribution in [0.3, 0.4) is 0 Å². The van der Waals surface area contributed by atoms with E-state index in [0.717, 1.165) is 30.3 Å². The molecule has 0 amide bonds. The number of anilines is 1. The van der Waals surface area contributed by atoms with Gasteiger partial charge in [0.15, 0.2) is 0 Å². The van der Waals surface area contributed by atoms with Crippen LogP contribution in [0.25, 0.3) is 0 Å². The van der Waals surface area contributed by atoms with Crippen molar-refractivity contribution in [2.75, 3.05) is 57.6 Å². The number of benzene rings is 3. The van der Waals surface area contributed by atoms with E-state index in [4.69, 9.17) is 18.9 Å². The molecule has 31 heavy (non-hydrogen) atoms. The molecule has 0 aromatic heterocycles. The van der Waals surface area contributed by atoms with Gasteiger partial charge < -0.3 is 23.8 Å². The van der Waals surface area contributed by atoms with Gasteiger partial charge in [-0.25, -0.2) is 0 Å². The van der Waals surface area contributed by atoms with E-state index < -0.39 is 0 Å². The van der Waals surface area contributed by atoms with E-state index in [1.54, 1.807) is 0 Å². The van der Waals surface area contributed by atoms with Crippen molar-refractivity contribution in [3.8, 4) is 11.5 Å². The topological polar surface area (TPSA) is 40.2 Å². The SMILES string of the molecule is c1ccc(OCCOCCN(CCOCCOc2ccccc2)c2ccccc2)cc1. The van der Waals surface area contributed by atoms with Crippen LogP contribution in [0.2, 0.25) is 0 Å². The summed E-state index contributed by atoms with van der Waals surface area (Å²) in [4.78, 5) is 2.27. The predicted molar refractivity (Wildman–Crippen MR) is 124 cm³/mol. The predicted octanol–water partition coefficient (Wildman–Crippen LogP) is 4.68. The molecule has 0 saturated carbocycles. The van der Waals surface area contributed by atoms with Crippen molar-refractivity contribution < 1.29 is 18.9 Å². The molecule has 0 bridgehead atoms. The maximum atomic E-state index is 5.77. The summed E-state index contributed by atoms with van der Waals surface area (Å²) < 4.78 is 22.9. The van der Waals surface area contributed by atoms with E-state index in [2.05, 4.69) is 17.0 Å². The van der Waals surface area contributed by atoms with Gasteiger partial charge in [0.05, 0.1) is 26.4 Å². The fourth-order valence-electron chi connectivity index (χ4n) is 3.03. The van der Waals surface area contributed by atoms with Crippen LogP contribution in [0.5, 0.6) is 11.5 Å². The average Bonchev–Trinajstić information content (AvgIpc) is 2.84. The van der Waals surface area contributed by atoms with Crippen LogP contribution >= 0.6 is 0 Å². The lowest BCUT2D eigenvalue weighted by Crippen LogP contribution is -2.31. The summed E-state index contributed by atoms with van der Waals surface area (Å²) in [5.41, 5.74) is 1.16. The fraction of sp³-hybridized carbons (Fsp3) is 0.308. The van der Waals surface area contributed by atoms with Gasteiger partial charge in [-0.1, -0.05) is 54.6 Å². The zero-order chi connectivity index (χ0) is 21.4. The standard InChI is InChI=1S/C26H31NO4/c1-4-10-24(11-5-1)27(16-18-28-20-22-30-25-12-6-2-7-13-25)17-19-29-21-23-31-26-14-8-3-9-15-26/h1-15H,16-23H2. The van der Waals surface area contributed by atoms with Gasteiger partial charge in [0.2, 0.25) is 0 Å². The Morgan fingerprint density at radius 3 is 1.32 bits per heavy atom. The van der Waals surface area contributed by atoms with Crippen molar-refractivity contribution in [1.29, 1.82) is 0 Å². The summed E-state index contributed by atoms with van der Waals surface area (Å²) in [6, 6.07) is 29.9.